The molecule has 0 aromatic heterocycles. The van der Waals surface area contributed by atoms with Gasteiger partial charge in [-0.2, -0.15) is 0 Å². The number of hydrogen-bond donors (Lipinski definition) is 0. The van der Waals surface area contributed by atoms with E-state index in [-0.39, 0.29) is 12.4 Å². The first-order valence-corrected chi connectivity index (χ1v) is 11.7. The van der Waals surface area contributed by atoms with Gasteiger partial charge in [0.15, 0.2) is 0 Å². The molecule has 4 rings (SSSR count). The Morgan fingerprint density at radius 1 is 0.500 bits per heavy atom. The van der Waals surface area contributed by atoms with Crippen LogP contribution in [0, 0.1) is 6.92 Å². The maximum Gasteiger partial charge on any atom is -0.147 e. The molecule has 0 N–H and O–H groups in total. The Hall–Kier alpha value is -2.40. The Bertz CT molecular complexity index is 884. The third kappa shape index (κ3) is 4.04. The summed E-state index contributed by atoms with van der Waals surface area (Å²) in [6, 6.07) is 42.4. The number of rotatable bonds is 5. The minimum atomic E-state index is -2.18. The van der Waals surface area contributed by atoms with Crippen LogP contribution in [0.4, 0.5) is 0 Å². The fraction of sp³-hybridized carbons (Fsp3) is 0.0769. The van der Waals surface area contributed by atoms with Gasteiger partial charge in [0.2, 0.25) is 0 Å². The molecule has 0 spiro atoms. The van der Waals surface area contributed by atoms with E-state index in [4.69, 9.17) is 0 Å². The van der Waals surface area contributed by atoms with Crippen molar-refractivity contribution in [2.75, 3.05) is 0 Å². The molecule has 0 aliphatic rings. The molecule has 0 aliphatic heterocycles. The molecule has 0 radical (unpaired) electrons. The summed E-state index contributed by atoms with van der Waals surface area (Å²) in [6.07, 6.45) is 1.06. The molecule has 0 nitrogen and oxygen atoms in total. The summed E-state index contributed by atoms with van der Waals surface area (Å²) in [4.78, 5) is 0. The third-order valence-electron chi connectivity index (χ3n) is 5.39. The van der Waals surface area contributed by atoms with Crippen LogP contribution in [0.1, 0.15) is 11.1 Å². The average Bonchev–Trinajstić information content (AvgIpc) is 2.75. The van der Waals surface area contributed by atoms with Gasteiger partial charge in [0, 0.05) is 0 Å². The van der Waals surface area contributed by atoms with Crippen LogP contribution < -0.4 is 15.9 Å². The molecule has 0 amide bonds. The van der Waals surface area contributed by atoms with Crippen molar-refractivity contribution in [3.8, 4) is 0 Å². The van der Waals surface area contributed by atoms with E-state index in [1.54, 1.807) is 0 Å². The van der Waals surface area contributed by atoms with Gasteiger partial charge in [-0.3, -0.25) is 0 Å². The molecule has 28 heavy (non-hydrogen) atoms. The summed E-state index contributed by atoms with van der Waals surface area (Å²) in [5.41, 5.74) is 2.72. The van der Waals surface area contributed by atoms with E-state index < -0.39 is 7.26 Å². The van der Waals surface area contributed by atoms with Gasteiger partial charge in [-0.05, 0) is 0 Å². The maximum absolute atomic E-state index is 2.32. The van der Waals surface area contributed by atoms with Gasteiger partial charge in [0.05, 0.1) is 0 Å². The molecule has 2 heteroatoms. The first-order chi connectivity index (χ1) is 13.3. The molecule has 0 saturated carbocycles. The predicted molar refractivity (Wildman–Crippen MR) is 129 cm³/mol. The summed E-state index contributed by atoms with van der Waals surface area (Å²) in [5.74, 6) is 0. The van der Waals surface area contributed by atoms with Gasteiger partial charge in [-0.15, -0.1) is 12.4 Å². The number of benzene rings is 4. The SMILES string of the molecule is Cc1ccc(C[PH](c2ccccc2)(c2ccccc2)c2ccccc2)cc1.Cl. The molecular formula is C26H26ClP. The normalized spacial score (nSPS) is 11.5. The van der Waals surface area contributed by atoms with E-state index in [1.165, 1.54) is 27.0 Å². The molecule has 4 aromatic rings. The standard InChI is InChI=1S/C26H25P.ClH/c1-22-17-19-23(20-18-22)21-27(24-11-5-2-6-12-24,25-13-7-3-8-14-25)26-15-9-4-10-16-26;/h2-20,27H,21H2,1H3;1H. The van der Waals surface area contributed by atoms with Crippen LogP contribution in [-0.4, -0.2) is 0 Å². The second-order valence-electron chi connectivity index (χ2n) is 7.17. The van der Waals surface area contributed by atoms with Crippen molar-refractivity contribution in [2.24, 2.45) is 0 Å². The molecule has 4 aromatic carbocycles. The Kier molecular flexibility index (Phi) is 6.68. The fourth-order valence-corrected chi connectivity index (χ4v) is 8.73. The molecule has 0 unspecified atom stereocenters. The zero-order chi connectivity index (χ0) is 18.5. The topological polar surface area (TPSA) is 0 Å². The first kappa shape index (κ1) is 20.3. The van der Waals surface area contributed by atoms with Crippen LogP contribution in [0.3, 0.4) is 0 Å². The van der Waals surface area contributed by atoms with Crippen LogP contribution in [0.15, 0.2) is 115 Å². The molecular weight excluding hydrogens is 379 g/mol. The molecule has 0 heterocycles. The fourth-order valence-electron chi connectivity index (χ4n) is 3.99. The van der Waals surface area contributed by atoms with Gasteiger partial charge in [-0.25, -0.2) is 0 Å². The van der Waals surface area contributed by atoms with Crippen molar-refractivity contribution in [1.29, 1.82) is 0 Å². The van der Waals surface area contributed by atoms with Crippen molar-refractivity contribution in [3.05, 3.63) is 126 Å². The van der Waals surface area contributed by atoms with E-state index in [9.17, 15) is 0 Å². The summed E-state index contributed by atoms with van der Waals surface area (Å²) in [5, 5.41) is 4.38. The zero-order valence-electron chi connectivity index (χ0n) is 16.1. The van der Waals surface area contributed by atoms with Crippen LogP contribution in [-0.2, 0) is 6.16 Å². The van der Waals surface area contributed by atoms with Crippen LogP contribution >= 0.6 is 19.7 Å². The van der Waals surface area contributed by atoms with E-state index in [0.717, 1.165) is 6.16 Å². The smallest absolute Gasteiger partial charge is 0.147 e. The number of halogens is 1. The van der Waals surface area contributed by atoms with E-state index in [2.05, 4.69) is 122 Å². The summed E-state index contributed by atoms with van der Waals surface area (Å²) < 4.78 is 0. The van der Waals surface area contributed by atoms with Gasteiger partial charge >= 0.3 is 163 Å². The monoisotopic (exact) mass is 404 g/mol. The average molecular weight is 405 g/mol. The third-order valence-corrected chi connectivity index (χ3v) is 10.3. The summed E-state index contributed by atoms with van der Waals surface area (Å²) >= 11 is 0. The number of hydrogen-bond acceptors (Lipinski definition) is 0. The van der Waals surface area contributed by atoms with E-state index >= 15 is 0 Å². The maximum atomic E-state index is 2.32. The van der Waals surface area contributed by atoms with Crippen molar-refractivity contribution >= 4 is 35.6 Å². The molecule has 0 aliphatic carbocycles. The van der Waals surface area contributed by atoms with E-state index in [0.29, 0.717) is 0 Å². The number of aryl methyl sites for hydroxylation is 1. The Morgan fingerprint density at radius 3 is 1.21 bits per heavy atom. The summed E-state index contributed by atoms with van der Waals surface area (Å²) in [7, 11) is -2.18. The van der Waals surface area contributed by atoms with Crippen LogP contribution in [0.2, 0.25) is 0 Å². The van der Waals surface area contributed by atoms with Crippen LogP contribution in [0.5, 0.6) is 0 Å². The Morgan fingerprint density at radius 2 is 0.857 bits per heavy atom. The minimum Gasteiger partial charge on any atom is -0.147 e. The minimum absolute atomic E-state index is 0. The van der Waals surface area contributed by atoms with E-state index in [1.807, 2.05) is 0 Å². The van der Waals surface area contributed by atoms with Gasteiger partial charge < -0.3 is 0 Å². The molecule has 0 fully saturated rings. The Labute approximate surface area is 175 Å². The second kappa shape index (κ2) is 9.20. The molecule has 142 valence electrons. The van der Waals surface area contributed by atoms with Gasteiger partial charge in [0.1, 0.15) is 0 Å². The Balaban J connectivity index is 0.00000225. The quantitative estimate of drug-likeness (QED) is 0.377. The summed E-state index contributed by atoms with van der Waals surface area (Å²) in [6.45, 7) is 2.15. The van der Waals surface area contributed by atoms with Crippen molar-refractivity contribution in [3.63, 3.8) is 0 Å². The van der Waals surface area contributed by atoms with Crippen molar-refractivity contribution in [1.82, 2.24) is 0 Å². The van der Waals surface area contributed by atoms with Crippen molar-refractivity contribution < 1.29 is 0 Å². The van der Waals surface area contributed by atoms with Gasteiger partial charge in [0.25, 0.3) is 0 Å². The van der Waals surface area contributed by atoms with Crippen LogP contribution in [0.25, 0.3) is 0 Å². The first-order valence-electron chi connectivity index (χ1n) is 9.51. The van der Waals surface area contributed by atoms with Gasteiger partial charge in [-0.1, -0.05) is 0 Å². The largest absolute Gasteiger partial charge is 0.147 e. The zero-order valence-corrected chi connectivity index (χ0v) is 17.9. The second-order valence-corrected chi connectivity index (χ2v) is 11.1. The molecule has 0 saturated heterocycles. The molecule has 0 atom stereocenters. The predicted octanol–water partition coefficient (Wildman–Crippen LogP) is 5.64. The molecule has 0 bridgehead atoms. The van der Waals surface area contributed by atoms with Crippen molar-refractivity contribution in [2.45, 2.75) is 13.1 Å².